The van der Waals surface area contributed by atoms with E-state index >= 15 is 0 Å². The molecule has 0 radical (unpaired) electrons. The number of carbonyl (C=O) groups excluding carboxylic acids is 3. The number of allylic oxidation sites excluding steroid dienone is 2. The van der Waals surface area contributed by atoms with Gasteiger partial charge in [-0.25, -0.2) is 4.79 Å². The Hall–Kier alpha value is -3.16. The van der Waals surface area contributed by atoms with Gasteiger partial charge in [0.15, 0.2) is 17.6 Å². The van der Waals surface area contributed by atoms with Crippen molar-refractivity contribution >= 4 is 24.0 Å². The topological polar surface area (TPSA) is 94.5 Å². The Morgan fingerprint density at radius 2 is 1.83 bits per heavy atom. The van der Waals surface area contributed by atoms with Crippen molar-refractivity contribution in [2.75, 3.05) is 14.2 Å². The largest absolute Gasteiger partial charge is 0.493 e. The fourth-order valence-electron chi connectivity index (χ4n) is 4.43. The van der Waals surface area contributed by atoms with Crippen LogP contribution < -0.4 is 9.47 Å². The van der Waals surface area contributed by atoms with Crippen molar-refractivity contribution in [3.63, 3.8) is 0 Å². The summed E-state index contributed by atoms with van der Waals surface area (Å²) in [4.78, 5) is 37.3. The second-order valence-electron chi connectivity index (χ2n) is 7.39. The average Bonchev–Trinajstić information content (AvgIpc) is 3.41. The van der Waals surface area contributed by atoms with E-state index in [2.05, 4.69) is 5.10 Å². The maximum atomic E-state index is 12.8. The monoisotopic (exact) mass is 398 g/mol. The first-order valence-electron chi connectivity index (χ1n) is 9.47. The molecule has 152 valence electrons. The summed E-state index contributed by atoms with van der Waals surface area (Å²) in [6.07, 6.45) is 5.44. The Morgan fingerprint density at radius 3 is 2.41 bits per heavy atom. The third-order valence-electron chi connectivity index (χ3n) is 5.82. The first kappa shape index (κ1) is 19.2. The van der Waals surface area contributed by atoms with Gasteiger partial charge in [-0.2, -0.15) is 10.1 Å². The van der Waals surface area contributed by atoms with Gasteiger partial charge in [-0.15, -0.1) is 0 Å². The van der Waals surface area contributed by atoms with Crippen LogP contribution >= 0.6 is 0 Å². The lowest BCUT2D eigenvalue weighted by molar-refractivity contribution is -0.148. The number of amides is 2. The van der Waals surface area contributed by atoms with Crippen LogP contribution in [0, 0.1) is 23.7 Å². The van der Waals surface area contributed by atoms with E-state index in [1.165, 1.54) is 20.4 Å². The summed E-state index contributed by atoms with van der Waals surface area (Å²) in [5.74, 6) is -0.774. The zero-order chi connectivity index (χ0) is 20.7. The molecule has 1 saturated carbocycles. The minimum Gasteiger partial charge on any atom is -0.493 e. The molecular formula is C21H22N2O6. The minimum absolute atomic E-state index is 0.123. The number of benzene rings is 1. The number of hydrazone groups is 1. The van der Waals surface area contributed by atoms with Crippen molar-refractivity contribution in [2.24, 2.45) is 28.8 Å². The number of esters is 1. The lowest BCUT2D eigenvalue weighted by Gasteiger charge is -2.17. The molecule has 5 atom stereocenters. The number of fused-ring (bicyclic) bond motifs is 5. The summed E-state index contributed by atoms with van der Waals surface area (Å²) in [5, 5.41) is 5.14. The fraction of sp³-hybridized carbons (Fsp3) is 0.429. The number of methoxy groups -OCH3 is 2. The van der Waals surface area contributed by atoms with Gasteiger partial charge >= 0.3 is 5.97 Å². The van der Waals surface area contributed by atoms with E-state index in [4.69, 9.17) is 14.2 Å². The highest BCUT2D eigenvalue weighted by Crippen LogP contribution is 2.52. The van der Waals surface area contributed by atoms with Crippen molar-refractivity contribution in [1.29, 1.82) is 0 Å². The van der Waals surface area contributed by atoms with Gasteiger partial charge in [0.05, 0.1) is 32.3 Å². The SMILES string of the molecule is COC(=O)[C@H](C)Oc1c(C=NN2C(=O)[C@@H]3[C@H](C2=O)[C@H]2C=C[C@H]3C2)cccc1OC. The third kappa shape index (κ3) is 3.08. The first-order valence-corrected chi connectivity index (χ1v) is 9.47. The summed E-state index contributed by atoms with van der Waals surface area (Å²) < 4.78 is 15.7. The summed E-state index contributed by atoms with van der Waals surface area (Å²) in [6.45, 7) is 1.55. The van der Waals surface area contributed by atoms with Gasteiger partial charge in [-0.3, -0.25) is 9.59 Å². The molecule has 2 aliphatic carbocycles. The van der Waals surface area contributed by atoms with Crippen LogP contribution in [-0.4, -0.2) is 49.3 Å². The van der Waals surface area contributed by atoms with E-state index in [0.717, 1.165) is 11.4 Å². The molecule has 2 fully saturated rings. The predicted octanol–water partition coefficient (Wildman–Crippen LogP) is 1.78. The molecule has 0 unspecified atom stereocenters. The van der Waals surface area contributed by atoms with E-state index in [9.17, 15) is 14.4 Å². The van der Waals surface area contributed by atoms with Gasteiger partial charge in [0.2, 0.25) is 0 Å². The van der Waals surface area contributed by atoms with Crippen LogP contribution in [0.15, 0.2) is 35.5 Å². The Balaban J connectivity index is 1.60. The number of nitrogens with zero attached hydrogens (tertiary/aromatic N) is 2. The van der Waals surface area contributed by atoms with Crippen LogP contribution in [-0.2, 0) is 19.1 Å². The van der Waals surface area contributed by atoms with E-state index in [0.29, 0.717) is 11.3 Å². The summed E-state index contributed by atoms with van der Waals surface area (Å²) in [7, 11) is 2.75. The van der Waals surface area contributed by atoms with Gasteiger partial charge in [0.25, 0.3) is 11.8 Å². The van der Waals surface area contributed by atoms with E-state index < -0.39 is 12.1 Å². The van der Waals surface area contributed by atoms with Crippen LogP contribution in [0.4, 0.5) is 0 Å². The second-order valence-corrected chi connectivity index (χ2v) is 7.39. The predicted molar refractivity (Wildman–Crippen MR) is 102 cm³/mol. The summed E-state index contributed by atoms with van der Waals surface area (Å²) >= 11 is 0. The van der Waals surface area contributed by atoms with Gasteiger partial charge in [-0.1, -0.05) is 18.2 Å². The molecule has 4 rings (SSSR count). The molecule has 3 aliphatic rings. The van der Waals surface area contributed by atoms with Gasteiger partial charge in [0, 0.05) is 5.56 Å². The molecule has 0 aromatic heterocycles. The third-order valence-corrected chi connectivity index (χ3v) is 5.82. The highest BCUT2D eigenvalue weighted by molar-refractivity contribution is 6.07. The van der Waals surface area contributed by atoms with Gasteiger partial charge in [-0.05, 0) is 37.3 Å². The second kappa shape index (κ2) is 7.35. The quantitative estimate of drug-likeness (QED) is 0.314. The van der Waals surface area contributed by atoms with Gasteiger partial charge < -0.3 is 14.2 Å². The average molecular weight is 398 g/mol. The molecular weight excluding hydrogens is 376 g/mol. The van der Waals surface area contributed by atoms with Crippen LogP contribution in [0.5, 0.6) is 11.5 Å². The smallest absolute Gasteiger partial charge is 0.346 e. The zero-order valence-electron chi connectivity index (χ0n) is 16.4. The van der Waals surface area contributed by atoms with Crippen molar-refractivity contribution in [1.82, 2.24) is 5.01 Å². The van der Waals surface area contributed by atoms with E-state index in [-0.39, 0.29) is 41.2 Å². The number of ether oxygens (including phenoxy) is 3. The molecule has 8 nitrogen and oxygen atoms in total. The van der Waals surface area contributed by atoms with Crippen molar-refractivity contribution in [3.8, 4) is 11.5 Å². The van der Waals surface area contributed by atoms with Crippen LogP contribution in [0.25, 0.3) is 0 Å². The minimum atomic E-state index is -0.875. The number of hydrogen-bond acceptors (Lipinski definition) is 7. The Labute approximate surface area is 168 Å². The van der Waals surface area contributed by atoms with E-state index in [1.807, 2.05) is 12.2 Å². The Kier molecular flexibility index (Phi) is 4.86. The molecule has 1 saturated heterocycles. The first-order chi connectivity index (χ1) is 14.0. The highest BCUT2D eigenvalue weighted by Gasteiger charge is 2.59. The van der Waals surface area contributed by atoms with Crippen LogP contribution in [0.1, 0.15) is 18.9 Å². The van der Waals surface area contributed by atoms with Crippen molar-refractivity contribution in [3.05, 3.63) is 35.9 Å². The normalized spacial score (nSPS) is 28.2. The molecule has 1 aliphatic heterocycles. The lowest BCUT2D eigenvalue weighted by atomic mass is 9.85. The zero-order valence-corrected chi connectivity index (χ0v) is 16.4. The molecule has 0 N–H and O–H groups in total. The number of carbonyl (C=O) groups is 3. The Bertz CT molecular complexity index is 894. The summed E-state index contributed by atoms with van der Waals surface area (Å²) in [5.41, 5.74) is 0.471. The maximum absolute atomic E-state index is 12.8. The molecule has 8 heteroatoms. The standard InChI is InChI=1S/C21H22N2O6/c1-11(21(26)28-3)29-18-14(5-4-6-15(18)27-2)10-22-23-19(24)16-12-7-8-13(9-12)17(16)20(23)25/h4-8,10-13,16-17H,9H2,1-3H3/t11-,12-,13-,16-,17+/m0/s1. The van der Waals surface area contributed by atoms with Gasteiger partial charge in [0.1, 0.15) is 0 Å². The van der Waals surface area contributed by atoms with Crippen LogP contribution in [0.2, 0.25) is 0 Å². The van der Waals surface area contributed by atoms with E-state index in [1.54, 1.807) is 25.1 Å². The highest BCUT2D eigenvalue weighted by atomic mass is 16.6. The fourth-order valence-corrected chi connectivity index (χ4v) is 4.43. The summed E-state index contributed by atoms with van der Waals surface area (Å²) in [6, 6.07) is 5.10. The molecule has 1 heterocycles. The maximum Gasteiger partial charge on any atom is 0.346 e. The molecule has 2 amide bonds. The molecule has 1 aromatic rings. The number of hydrogen-bond donors (Lipinski definition) is 0. The molecule has 2 bridgehead atoms. The van der Waals surface area contributed by atoms with Crippen LogP contribution in [0.3, 0.4) is 0 Å². The molecule has 29 heavy (non-hydrogen) atoms. The molecule has 1 aromatic carbocycles. The molecule has 0 spiro atoms. The van der Waals surface area contributed by atoms with Crippen molar-refractivity contribution in [2.45, 2.75) is 19.4 Å². The number of rotatable bonds is 6. The number of para-hydroxylation sites is 1. The number of imide groups is 1. The Morgan fingerprint density at radius 1 is 1.17 bits per heavy atom. The van der Waals surface area contributed by atoms with Crippen molar-refractivity contribution < 1.29 is 28.6 Å². The lowest BCUT2D eigenvalue weighted by Crippen LogP contribution is -2.28.